The molecule has 0 saturated carbocycles. The smallest absolute Gasteiger partial charge is 0.181 e. The molecule has 7 nitrogen and oxygen atoms in total. The molecule has 1 aliphatic heterocycles. The number of oxazole rings is 1. The first-order chi connectivity index (χ1) is 15.2. The molecule has 5 rings (SSSR count). The van der Waals surface area contributed by atoms with E-state index in [4.69, 9.17) is 9.15 Å². The third-order valence-electron chi connectivity index (χ3n) is 5.40. The van der Waals surface area contributed by atoms with Gasteiger partial charge in [0.2, 0.25) is 0 Å². The second kappa shape index (κ2) is 8.65. The van der Waals surface area contributed by atoms with Crippen LogP contribution in [0.25, 0.3) is 22.4 Å². The van der Waals surface area contributed by atoms with Crippen molar-refractivity contribution in [2.45, 2.75) is 25.4 Å². The van der Waals surface area contributed by atoms with Crippen molar-refractivity contribution < 1.29 is 13.9 Å². The van der Waals surface area contributed by atoms with Crippen LogP contribution >= 0.6 is 0 Å². The molecule has 1 saturated heterocycles. The molecule has 0 amide bonds. The zero-order chi connectivity index (χ0) is 21.0. The summed E-state index contributed by atoms with van der Waals surface area (Å²) in [6.45, 7) is 1.92. The predicted molar refractivity (Wildman–Crippen MR) is 116 cm³/mol. The Balaban J connectivity index is 1.33. The maximum Gasteiger partial charge on any atom is 0.181 e. The number of rotatable bonds is 6. The first-order valence-electron chi connectivity index (χ1n) is 10.4. The Morgan fingerprint density at radius 3 is 2.87 bits per heavy atom. The number of carbonyl (C=O) groups excluding carboxylic acids is 1. The molecule has 4 heterocycles. The maximum atomic E-state index is 12.9. The van der Waals surface area contributed by atoms with Crippen molar-refractivity contribution in [2.75, 3.05) is 13.1 Å². The van der Waals surface area contributed by atoms with Gasteiger partial charge in [0.15, 0.2) is 17.9 Å². The van der Waals surface area contributed by atoms with Gasteiger partial charge in [0.25, 0.3) is 0 Å². The van der Waals surface area contributed by atoms with E-state index in [9.17, 15) is 4.79 Å². The van der Waals surface area contributed by atoms with Gasteiger partial charge in [0, 0.05) is 17.1 Å². The van der Waals surface area contributed by atoms with Crippen molar-refractivity contribution in [3.8, 4) is 17.2 Å². The van der Waals surface area contributed by atoms with E-state index < -0.39 is 0 Å². The molecule has 7 heteroatoms. The Morgan fingerprint density at radius 2 is 2.03 bits per heavy atom. The predicted octanol–water partition coefficient (Wildman–Crippen LogP) is 3.84. The van der Waals surface area contributed by atoms with Crippen LogP contribution in [0.1, 0.15) is 28.9 Å². The fourth-order valence-electron chi connectivity index (χ4n) is 3.75. The number of piperidine rings is 1. The molecule has 3 aromatic heterocycles. The molecule has 1 N–H and O–H groups in total. The lowest BCUT2D eigenvalue weighted by molar-refractivity contribution is 0.0990. The number of fused-ring (bicyclic) bond motifs is 1. The van der Waals surface area contributed by atoms with Crippen LogP contribution in [0, 0.1) is 0 Å². The number of hydrogen-bond donors (Lipinski definition) is 1. The summed E-state index contributed by atoms with van der Waals surface area (Å²) >= 11 is 0. The third kappa shape index (κ3) is 4.46. The van der Waals surface area contributed by atoms with Crippen molar-refractivity contribution in [1.82, 2.24) is 20.3 Å². The minimum Gasteiger partial charge on any atom is -0.490 e. The molecule has 1 fully saturated rings. The van der Waals surface area contributed by atoms with Gasteiger partial charge in [0.05, 0.1) is 23.8 Å². The lowest BCUT2D eigenvalue weighted by Gasteiger charge is -2.24. The van der Waals surface area contributed by atoms with Crippen LogP contribution < -0.4 is 10.1 Å². The summed E-state index contributed by atoms with van der Waals surface area (Å²) < 4.78 is 11.4. The number of nitrogens with one attached hydrogen (secondary N) is 1. The lowest BCUT2D eigenvalue weighted by atomic mass is 10.0. The van der Waals surface area contributed by atoms with E-state index in [2.05, 4.69) is 20.3 Å². The van der Waals surface area contributed by atoms with Crippen LogP contribution in [0.5, 0.6) is 5.75 Å². The van der Waals surface area contributed by atoms with E-state index in [1.165, 1.54) is 6.39 Å². The molecule has 0 spiro atoms. The van der Waals surface area contributed by atoms with Crippen LogP contribution in [0.3, 0.4) is 0 Å². The summed E-state index contributed by atoms with van der Waals surface area (Å²) in [5.74, 6) is 1.33. The van der Waals surface area contributed by atoms with E-state index in [-0.39, 0.29) is 18.3 Å². The summed E-state index contributed by atoms with van der Waals surface area (Å²) in [7, 11) is 0. The van der Waals surface area contributed by atoms with Crippen LogP contribution in [0.15, 0.2) is 65.7 Å². The third-order valence-corrected chi connectivity index (χ3v) is 5.40. The molecular weight excluding hydrogens is 392 g/mol. The second-order valence-electron chi connectivity index (χ2n) is 7.63. The lowest BCUT2D eigenvalue weighted by Crippen LogP contribution is -2.34. The monoisotopic (exact) mass is 414 g/mol. The highest BCUT2D eigenvalue weighted by atomic mass is 16.5. The van der Waals surface area contributed by atoms with Crippen molar-refractivity contribution in [3.63, 3.8) is 0 Å². The van der Waals surface area contributed by atoms with Gasteiger partial charge in [0.1, 0.15) is 17.5 Å². The number of nitrogens with zero attached hydrogens (tertiary/aromatic N) is 3. The Labute approximate surface area is 179 Å². The molecule has 0 aliphatic carbocycles. The highest BCUT2D eigenvalue weighted by Crippen LogP contribution is 2.22. The molecule has 31 heavy (non-hydrogen) atoms. The van der Waals surface area contributed by atoms with Crippen molar-refractivity contribution >= 4 is 16.7 Å². The molecule has 0 bridgehead atoms. The molecular formula is C24H22N4O3. The largest absolute Gasteiger partial charge is 0.490 e. The minimum absolute atomic E-state index is 0.00556. The van der Waals surface area contributed by atoms with Crippen molar-refractivity contribution in [3.05, 3.63) is 72.5 Å². The molecule has 0 unspecified atom stereocenters. The molecule has 0 radical (unpaired) electrons. The summed E-state index contributed by atoms with van der Waals surface area (Å²) in [5, 5.41) is 4.23. The Kier molecular flexibility index (Phi) is 5.41. The SMILES string of the molecule is O=C(Cc1cc2nc(-c3cnco3)ccc2cn1)c1cccc(OC2CCNCC2)c1. The Morgan fingerprint density at radius 1 is 1.13 bits per heavy atom. The first kappa shape index (κ1) is 19.4. The highest BCUT2D eigenvalue weighted by molar-refractivity contribution is 5.98. The average molecular weight is 414 g/mol. The van der Waals surface area contributed by atoms with Gasteiger partial charge in [-0.2, -0.15) is 0 Å². The topological polar surface area (TPSA) is 90.1 Å². The number of ether oxygens (including phenoxy) is 1. The fourth-order valence-corrected chi connectivity index (χ4v) is 3.75. The summed E-state index contributed by atoms with van der Waals surface area (Å²) in [6.07, 6.45) is 7.08. The van der Waals surface area contributed by atoms with Crippen molar-refractivity contribution in [1.29, 1.82) is 0 Å². The van der Waals surface area contributed by atoms with E-state index in [0.717, 1.165) is 42.6 Å². The van der Waals surface area contributed by atoms with Crippen molar-refractivity contribution in [2.24, 2.45) is 0 Å². The van der Waals surface area contributed by atoms with E-state index in [0.29, 0.717) is 22.7 Å². The normalized spacial score (nSPS) is 14.6. The minimum atomic E-state index is -0.00556. The van der Waals surface area contributed by atoms with Gasteiger partial charge in [-0.1, -0.05) is 12.1 Å². The Hall–Kier alpha value is -3.58. The van der Waals surface area contributed by atoms with Crippen LogP contribution in [-0.4, -0.2) is 39.9 Å². The second-order valence-corrected chi connectivity index (χ2v) is 7.63. The zero-order valence-electron chi connectivity index (χ0n) is 17.0. The number of pyridine rings is 2. The van der Waals surface area contributed by atoms with Gasteiger partial charge in [-0.3, -0.25) is 9.78 Å². The number of hydrogen-bond acceptors (Lipinski definition) is 7. The molecule has 4 aromatic rings. The highest BCUT2D eigenvalue weighted by Gasteiger charge is 2.16. The quantitative estimate of drug-likeness (QED) is 0.479. The molecule has 156 valence electrons. The van der Waals surface area contributed by atoms with Gasteiger partial charge >= 0.3 is 0 Å². The maximum absolute atomic E-state index is 12.9. The standard InChI is InChI=1S/C24H22N4O3/c29-23(16-2-1-3-20(10-16)31-19-6-8-25-9-7-19)12-18-11-22-17(13-27-18)4-5-21(28-22)24-14-26-15-30-24/h1-5,10-11,13-15,19,25H,6-9,12H2. The van der Waals surface area contributed by atoms with E-state index >= 15 is 0 Å². The summed E-state index contributed by atoms with van der Waals surface area (Å²) in [5.41, 5.74) is 2.74. The Bertz CT molecular complexity index is 1200. The van der Waals surface area contributed by atoms with Crippen LogP contribution in [-0.2, 0) is 6.42 Å². The number of Topliss-reactive ketones (excluding diaryl/α,β-unsaturated/α-hetero) is 1. The zero-order valence-corrected chi connectivity index (χ0v) is 17.0. The van der Waals surface area contributed by atoms with Gasteiger partial charge < -0.3 is 14.5 Å². The summed E-state index contributed by atoms with van der Waals surface area (Å²) in [6, 6.07) is 13.1. The van der Waals surface area contributed by atoms with E-state index in [1.54, 1.807) is 12.4 Å². The number of benzene rings is 1. The average Bonchev–Trinajstić information content (AvgIpc) is 3.34. The van der Waals surface area contributed by atoms with E-state index in [1.807, 2.05) is 42.5 Å². The van der Waals surface area contributed by atoms with Gasteiger partial charge in [-0.05, 0) is 56.3 Å². The molecule has 1 aliphatic rings. The summed E-state index contributed by atoms with van der Waals surface area (Å²) in [4.78, 5) is 25.9. The number of aromatic nitrogens is 3. The molecule has 0 atom stereocenters. The fraction of sp³-hybridized carbons (Fsp3) is 0.250. The number of ketones is 1. The molecule has 1 aromatic carbocycles. The van der Waals surface area contributed by atoms with Gasteiger partial charge in [-0.15, -0.1) is 0 Å². The van der Waals surface area contributed by atoms with Crippen LogP contribution in [0.4, 0.5) is 0 Å². The van der Waals surface area contributed by atoms with Crippen LogP contribution in [0.2, 0.25) is 0 Å². The van der Waals surface area contributed by atoms with Gasteiger partial charge in [-0.25, -0.2) is 9.97 Å². The first-order valence-corrected chi connectivity index (χ1v) is 10.4. The number of carbonyl (C=O) groups is 1.